The van der Waals surface area contributed by atoms with Gasteiger partial charge in [0.2, 0.25) is 11.7 Å². The number of carbonyl (C=O) groups excluding carboxylic acids is 2. The molecule has 0 fully saturated rings. The lowest BCUT2D eigenvalue weighted by atomic mass is 9.98. The Bertz CT molecular complexity index is 1530. The summed E-state index contributed by atoms with van der Waals surface area (Å²) in [6.07, 6.45) is 2.17. The average Bonchev–Trinajstić information content (AvgIpc) is 3.60. The second-order valence-corrected chi connectivity index (χ2v) is 10.1. The van der Waals surface area contributed by atoms with Crippen LogP contribution < -0.4 is 14.8 Å². The molecule has 1 aliphatic rings. The highest BCUT2D eigenvalue weighted by molar-refractivity contribution is 6.04. The molecule has 0 radical (unpaired) electrons. The molecule has 0 spiro atoms. The Morgan fingerprint density at radius 2 is 1.88 bits per heavy atom. The Balaban J connectivity index is 1.36. The van der Waals surface area contributed by atoms with Crippen molar-refractivity contribution in [3.05, 3.63) is 71.7 Å². The zero-order valence-electron chi connectivity index (χ0n) is 24.0. The van der Waals surface area contributed by atoms with E-state index in [1.807, 2.05) is 48.7 Å². The van der Waals surface area contributed by atoms with Crippen LogP contribution in [0.2, 0.25) is 0 Å². The summed E-state index contributed by atoms with van der Waals surface area (Å²) < 4.78 is 29.7. The van der Waals surface area contributed by atoms with Crippen molar-refractivity contribution >= 4 is 22.8 Å². The summed E-state index contributed by atoms with van der Waals surface area (Å²) >= 11 is 0. The number of hydrogen-bond donors (Lipinski definition) is 1. The number of methoxy groups -OCH3 is 2. The maximum absolute atomic E-state index is 14.0. The minimum absolute atomic E-state index is 0.0642. The van der Waals surface area contributed by atoms with Gasteiger partial charge in [-0.05, 0) is 25.1 Å². The molecule has 4 aromatic rings. The molecular weight excluding hydrogens is 542 g/mol. The van der Waals surface area contributed by atoms with Crippen LogP contribution in [0.1, 0.15) is 28.7 Å². The Hall–Kier alpha value is -4.42. The van der Waals surface area contributed by atoms with Gasteiger partial charge in [-0.25, -0.2) is 4.68 Å². The molecule has 12 nitrogen and oxygen atoms in total. The fourth-order valence-corrected chi connectivity index (χ4v) is 4.89. The van der Waals surface area contributed by atoms with Crippen molar-refractivity contribution in [2.45, 2.75) is 32.0 Å². The van der Waals surface area contributed by atoms with Gasteiger partial charge in [-0.15, -0.1) is 5.10 Å². The number of amides is 2. The van der Waals surface area contributed by atoms with Gasteiger partial charge in [0.05, 0.1) is 44.6 Å². The first-order valence-electron chi connectivity index (χ1n) is 13.8. The first-order chi connectivity index (χ1) is 20.4. The van der Waals surface area contributed by atoms with Crippen LogP contribution >= 0.6 is 0 Å². The smallest absolute Gasteiger partial charge is 0.294 e. The van der Waals surface area contributed by atoms with Gasteiger partial charge in [-0.2, -0.15) is 0 Å². The predicted molar refractivity (Wildman–Crippen MR) is 152 cm³/mol. The van der Waals surface area contributed by atoms with Crippen molar-refractivity contribution in [2.75, 3.05) is 47.2 Å². The number of rotatable bonds is 13. The Kier molecular flexibility index (Phi) is 9.03. The van der Waals surface area contributed by atoms with E-state index >= 15 is 0 Å². The van der Waals surface area contributed by atoms with Gasteiger partial charge >= 0.3 is 0 Å². The molecule has 2 aromatic heterocycles. The van der Waals surface area contributed by atoms with E-state index in [2.05, 4.69) is 15.6 Å². The second kappa shape index (κ2) is 13.0. The Labute approximate surface area is 243 Å². The van der Waals surface area contributed by atoms with Gasteiger partial charge in [0, 0.05) is 38.4 Å². The molecular formula is C30H35N5O7. The standard InChI is InChI=1S/C30H35N5O7/c1-30(29(37)31-18-21-8-4-6-10-24(21)39-3)20-41-26-23-9-5-7-11-25(23)42-27(26)28(36)35(30)13-12-22-19-34(33-32-22)14-15-40-17-16-38-2/h4-11,19H,12-18,20H2,1-3H3,(H,31,37)/t30-/m1/s1. The van der Waals surface area contributed by atoms with Gasteiger partial charge in [0.25, 0.3) is 5.91 Å². The fraction of sp³-hybridized carbons (Fsp3) is 0.400. The lowest BCUT2D eigenvalue weighted by molar-refractivity contribution is -0.133. The molecule has 222 valence electrons. The molecule has 5 rings (SSSR count). The van der Waals surface area contributed by atoms with E-state index < -0.39 is 11.4 Å². The number of fused-ring (bicyclic) bond motifs is 3. The first-order valence-corrected chi connectivity index (χ1v) is 13.8. The van der Waals surface area contributed by atoms with Crippen LogP contribution in [0.4, 0.5) is 0 Å². The van der Waals surface area contributed by atoms with Gasteiger partial charge in [-0.3, -0.25) is 9.59 Å². The molecule has 1 N–H and O–H groups in total. The SMILES string of the molecule is COCCOCCn1cc(CCN2C(=O)c3oc4ccccc4c3OC[C@]2(C)C(=O)NCc2ccccc2OC)nn1. The highest BCUT2D eigenvalue weighted by atomic mass is 16.5. The summed E-state index contributed by atoms with van der Waals surface area (Å²) in [4.78, 5) is 29.4. The largest absolute Gasteiger partial charge is 0.496 e. The maximum atomic E-state index is 14.0. The number of carbonyl (C=O) groups is 2. The summed E-state index contributed by atoms with van der Waals surface area (Å²) in [5.74, 6) is 0.252. The number of ether oxygens (including phenoxy) is 4. The van der Waals surface area contributed by atoms with Crippen molar-refractivity contribution in [2.24, 2.45) is 0 Å². The molecule has 12 heteroatoms. The molecule has 2 aromatic carbocycles. The third kappa shape index (κ3) is 6.09. The molecule has 0 saturated heterocycles. The van der Waals surface area contributed by atoms with Gasteiger partial charge in [-0.1, -0.05) is 35.5 Å². The first kappa shape index (κ1) is 29.1. The van der Waals surface area contributed by atoms with Crippen LogP contribution in [-0.2, 0) is 33.8 Å². The Morgan fingerprint density at radius 3 is 2.71 bits per heavy atom. The highest BCUT2D eigenvalue weighted by Crippen LogP contribution is 2.38. The minimum atomic E-state index is -1.35. The van der Waals surface area contributed by atoms with E-state index in [0.29, 0.717) is 60.9 Å². The van der Waals surface area contributed by atoms with Crippen molar-refractivity contribution in [3.8, 4) is 11.5 Å². The molecule has 0 saturated carbocycles. The average molecular weight is 578 g/mol. The third-order valence-electron chi connectivity index (χ3n) is 7.28. The summed E-state index contributed by atoms with van der Waals surface area (Å²) in [6.45, 7) is 4.04. The van der Waals surface area contributed by atoms with E-state index in [9.17, 15) is 9.59 Å². The molecule has 0 aliphatic carbocycles. The molecule has 0 unspecified atom stereocenters. The van der Waals surface area contributed by atoms with Gasteiger partial charge in [0.15, 0.2) is 11.3 Å². The van der Waals surface area contributed by atoms with Gasteiger partial charge < -0.3 is 33.6 Å². The monoisotopic (exact) mass is 577 g/mol. The normalized spacial score (nSPS) is 16.6. The molecule has 1 atom stereocenters. The van der Waals surface area contributed by atoms with E-state index in [0.717, 1.165) is 5.56 Å². The number of nitrogens with one attached hydrogen (secondary N) is 1. The predicted octanol–water partition coefficient (Wildman–Crippen LogP) is 2.85. The molecule has 3 heterocycles. The Morgan fingerprint density at radius 1 is 1.07 bits per heavy atom. The molecule has 1 aliphatic heterocycles. The lowest BCUT2D eigenvalue weighted by Gasteiger charge is -2.37. The number of benzene rings is 2. The molecule has 42 heavy (non-hydrogen) atoms. The number of aromatic nitrogens is 3. The zero-order valence-corrected chi connectivity index (χ0v) is 24.0. The van der Waals surface area contributed by atoms with Crippen molar-refractivity contribution in [3.63, 3.8) is 0 Å². The quantitative estimate of drug-likeness (QED) is 0.238. The van der Waals surface area contributed by atoms with Gasteiger partial charge in [0.1, 0.15) is 17.9 Å². The number of para-hydroxylation sites is 2. The number of furan rings is 1. The van der Waals surface area contributed by atoms with Crippen LogP contribution in [0.25, 0.3) is 11.0 Å². The van der Waals surface area contributed by atoms with Crippen molar-refractivity contribution in [1.29, 1.82) is 0 Å². The highest BCUT2D eigenvalue weighted by Gasteiger charge is 2.47. The third-order valence-corrected chi connectivity index (χ3v) is 7.28. The number of nitrogens with zero attached hydrogens (tertiary/aromatic N) is 4. The van der Waals surface area contributed by atoms with Crippen LogP contribution in [0, 0.1) is 0 Å². The van der Waals surface area contributed by atoms with Crippen molar-refractivity contribution in [1.82, 2.24) is 25.2 Å². The van der Waals surface area contributed by atoms with Crippen molar-refractivity contribution < 1.29 is 33.0 Å². The summed E-state index contributed by atoms with van der Waals surface area (Å²) in [6, 6.07) is 14.7. The lowest BCUT2D eigenvalue weighted by Crippen LogP contribution is -2.61. The van der Waals surface area contributed by atoms with Crippen LogP contribution in [0.3, 0.4) is 0 Å². The van der Waals surface area contributed by atoms with Crippen LogP contribution in [0.15, 0.2) is 59.1 Å². The van der Waals surface area contributed by atoms with E-state index in [1.54, 1.807) is 31.9 Å². The van der Waals surface area contributed by atoms with E-state index in [1.165, 1.54) is 4.90 Å². The second-order valence-electron chi connectivity index (χ2n) is 10.1. The van der Waals surface area contributed by atoms with E-state index in [-0.39, 0.29) is 31.4 Å². The van der Waals surface area contributed by atoms with E-state index in [4.69, 9.17) is 23.4 Å². The maximum Gasteiger partial charge on any atom is 0.294 e. The minimum Gasteiger partial charge on any atom is -0.496 e. The van der Waals surface area contributed by atoms with Crippen LogP contribution in [0.5, 0.6) is 11.5 Å². The van der Waals surface area contributed by atoms with Crippen LogP contribution in [-0.4, -0.2) is 84.4 Å². The number of hydrogen-bond acceptors (Lipinski definition) is 9. The fourth-order valence-electron chi connectivity index (χ4n) is 4.89. The summed E-state index contributed by atoms with van der Waals surface area (Å²) in [7, 11) is 3.20. The molecule has 2 amide bonds. The zero-order chi connectivity index (χ0) is 29.5. The molecule has 0 bridgehead atoms. The summed E-state index contributed by atoms with van der Waals surface area (Å²) in [5.41, 5.74) is 0.666. The summed E-state index contributed by atoms with van der Waals surface area (Å²) in [5, 5.41) is 12.1. The topological polar surface area (TPSA) is 130 Å².